The average Bonchev–Trinajstić information content (AvgIpc) is 3.11. The predicted octanol–water partition coefficient (Wildman–Crippen LogP) is 4.31. The van der Waals surface area contributed by atoms with Gasteiger partial charge in [0.15, 0.2) is 5.13 Å². The van der Waals surface area contributed by atoms with E-state index in [1.54, 1.807) is 0 Å². The summed E-state index contributed by atoms with van der Waals surface area (Å²) in [5.41, 5.74) is 1.56. The van der Waals surface area contributed by atoms with Crippen molar-refractivity contribution in [2.45, 2.75) is 26.4 Å². The van der Waals surface area contributed by atoms with Gasteiger partial charge in [-0.2, -0.15) is 0 Å². The van der Waals surface area contributed by atoms with Crippen LogP contribution in [0.4, 0.5) is 15.2 Å². The Hall–Kier alpha value is -3.17. The molecule has 4 rings (SSSR count). The Kier molecular flexibility index (Phi) is 5.56. The molecule has 0 saturated heterocycles. The van der Waals surface area contributed by atoms with Gasteiger partial charge in [-0.05, 0) is 18.6 Å². The molecule has 0 bridgehead atoms. The summed E-state index contributed by atoms with van der Waals surface area (Å²) in [6, 6.07) is 12.3. The van der Waals surface area contributed by atoms with Crippen molar-refractivity contribution in [1.29, 1.82) is 0 Å². The number of aromatic nitrogens is 1. The molecule has 0 saturated carbocycles. The summed E-state index contributed by atoms with van der Waals surface area (Å²) in [6.45, 7) is 3.76. The van der Waals surface area contributed by atoms with Crippen molar-refractivity contribution >= 4 is 28.1 Å². The molecule has 30 heavy (non-hydrogen) atoms. The smallest absolute Gasteiger partial charge is 0.276 e. The van der Waals surface area contributed by atoms with Gasteiger partial charge in [-0.25, -0.2) is 9.37 Å². The zero-order chi connectivity index (χ0) is 21.3. The highest BCUT2D eigenvalue weighted by molar-refractivity contribution is 7.15. The number of nitro benzene ring substituents is 1. The summed E-state index contributed by atoms with van der Waals surface area (Å²) >= 11 is 1.38. The third-order valence-corrected chi connectivity index (χ3v) is 6.05. The molecule has 0 radical (unpaired) electrons. The van der Waals surface area contributed by atoms with Crippen molar-refractivity contribution in [1.82, 2.24) is 9.88 Å². The van der Waals surface area contributed by atoms with Crippen LogP contribution in [0.1, 0.15) is 32.1 Å². The molecular weight excluding hydrogens is 407 g/mol. The van der Waals surface area contributed by atoms with E-state index in [0.29, 0.717) is 5.13 Å². The van der Waals surface area contributed by atoms with Crippen LogP contribution in [0.2, 0.25) is 0 Å². The van der Waals surface area contributed by atoms with Crippen LogP contribution in [-0.4, -0.2) is 27.3 Å². The predicted molar refractivity (Wildman–Crippen MR) is 112 cm³/mol. The average molecular weight is 426 g/mol. The zero-order valence-corrected chi connectivity index (χ0v) is 17.0. The highest BCUT2D eigenvalue weighted by atomic mass is 32.1. The maximum atomic E-state index is 14.0. The molecule has 3 aromatic rings. The van der Waals surface area contributed by atoms with E-state index >= 15 is 0 Å². The number of halogens is 1. The number of nitrogens with zero attached hydrogens (tertiary/aromatic N) is 3. The fraction of sp³-hybridized carbons (Fsp3) is 0.238. The minimum Gasteiger partial charge on any atom is -0.298 e. The highest BCUT2D eigenvalue weighted by Crippen LogP contribution is 2.30. The van der Waals surface area contributed by atoms with Gasteiger partial charge >= 0.3 is 0 Å². The second-order valence-corrected chi connectivity index (χ2v) is 8.23. The number of hydrogen-bond acceptors (Lipinski definition) is 6. The Morgan fingerprint density at radius 2 is 2.10 bits per heavy atom. The molecule has 2 heterocycles. The van der Waals surface area contributed by atoms with Gasteiger partial charge in [0.2, 0.25) is 0 Å². The lowest BCUT2D eigenvalue weighted by Gasteiger charge is -2.25. The van der Waals surface area contributed by atoms with Crippen molar-refractivity contribution in [3.05, 3.63) is 85.7 Å². The van der Waals surface area contributed by atoms with Crippen LogP contribution >= 0.6 is 11.3 Å². The van der Waals surface area contributed by atoms with Crippen molar-refractivity contribution in [3.63, 3.8) is 0 Å². The molecule has 1 aliphatic rings. The van der Waals surface area contributed by atoms with Crippen LogP contribution in [0.5, 0.6) is 0 Å². The molecule has 9 heteroatoms. The minimum atomic E-state index is -0.788. The van der Waals surface area contributed by atoms with Gasteiger partial charge in [0, 0.05) is 42.6 Å². The molecule has 2 aromatic carbocycles. The summed E-state index contributed by atoms with van der Waals surface area (Å²) in [5.74, 6) is -1.41. The molecule has 0 fully saturated rings. The molecular formula is C21H19FN4O3S. The van der Waals surface area contributed by atoms with E-state index in [9.17, 15) is 19.3 Å². The number of anilines is 1. The molecule has 0 unspecified atom stereocenters. The zero-order valence-electron chi connectivity index (χ0n) is 16.2. The number of rotatable bonds is 5. The first-order chi connectivity index (χ1) is 14.4. The highest BCUT2D eigenvalue weighted by Gasteiger charge is 2.23. The summed E-state index contributed by atoms with van der Waals surface area (Å²) in [7, 11) is 0. The second kappa shape index (κ2) is 8.29. The standard InChI is InChI=1S/C21H19FN4O3S/c1-13-16(22)9-15(10-18(13)26(28)29)20(27)24-21-23-17-7-8-25(12-19(17)30-21)11-14-5-3-2-4-6-14/h2-6,9-10H,7-8,11-12H2,1H3,(H,23,24,27). The largest absolute Gasteiger partial charge is 0.298 e. The number of carbonyl (C=O) groups excluding carboxylic acids is 1. The molecule has 1 N–H and O–H groups in total. The van der Waals surface area contributed by atoms with E-state index in [-0.39, 0.29) is 11.1 Å². The SMILES string of the molecule is Cc1c(F)cc(C(=O)Nc2nc3c(s2)CN(Cc2ccccc2)CC3)cc1[N+](=O)[O-]. The number of thiazole rings is 1. The van der Waals surface area contributed by atoms with Gasteiger partial charge in [0.25, 0.3) is 11.6 Å². The van der Waals surface area contributed by atoms with Gasteiger partial charge < -0.3 is 0 Å². The molecule has 1 amide bonds. The van der Waals surface area contributed by atoms with E-state index in [1.165, 1.54) is 23.8 Å². The fourth-order valence-corrected chi connectivity index (χ4v) is 4.48. The van der Waals surface area contributed by atoms with Crippen molar-refractivity contribution in [2.24, 2.45) is 0 Å². The van der Waals surface area contributed by atoms with Gasteiger partial charge in [-0.15, -0.1) is 11.3 Å². The third kappa shape index (κ3) is 4.22. The van der Waals surface area contributed by atoms with E-state index < -0.39 is 22.3 Å². The molecule has 0 atom stereocenters. The number of carbonyl (C=O) groups is 1. The summed E-state index contributed by atoms with van der Waals surface area (Å²) in [5, 5.41) is 14.2. The van der Waals surface area contributed by atoms with E-state index in [2.05, 4.69) is 27.3 Å². The summed E-state index contributed by atoms with van der Waals surface area (Å²) in [4.78, 5) is 30.8. The van der Waals surface area contributed by atoms with Crippen molar-refractivity contribution in [3.8, 4) is 0 Å². The molecule has 1 aliphatic heterocycles. The summed E-state index contributed by atoms with van der Waals surface area (Å²) < 4.78 is 14.0. The second-order valence-electron chi connectivity index (χ2n) is 7.15. The molecule has 1 aromatic heterocycles. The van der Waals surface area contributed by atoms with Crippen LogP contribution in [0.3, 0.4) is 0 Å². The number of fused-ring (bicyclic) bond motifs is 1. The van der Waals surface area contributed by atoms with Gasteiger partial charge in [-0.3, -0.25) is 25.1 Å². The lowest BCUT2D eigenvalue weighted by molar-refractivity contribution is -0.385. The number of nitro groups is 1. The molecule has 0 aliphatic carbocycles. The van der Waals surface area contributed by atoms with Crippen molar-refractivity contribution < 1.29 is 14.1 Å². The van der Waals surface area contributed by atoms with E-state index in [4.69, 9.17) is 0 Å². The minimum absolute atomic E-state index is 0.0974. The van der Waals surface area contributed by atoms with Gasteiger partial charge in [-0.1, -0.05) is 30.3 Å². The van der Waals surface area contributed by atoms with E-state index in [1.807, 2.05) is 18.2 Å². The maximum absolute atomic E-state index is 14.0. The summed E-state index contributed by atoms with van der Waals surface area (Å²) in [6.07, 6.45) is 0.777. The van der Waals surface area contributed by atoms with Crippen LogP contribution in [0.15, 0.2) is 42.5 Å². The topological polar surface area (TPSA) is 88.4 Å². The first-order valence-electron chi connectivity index (χ1n) is 9.41. The van der Waals surface area contributed by atoms with Crippen LogP contribution < -0.4 is 5.32 Å². The monoisotopic (exact) mass is 426 g/mol. The first kappa shape index (κ1) is 20.1. The quantitative estimate of drug-likeness (QED) is 0.485. The number of hydrogen-bond donors (Lipinski definition) is 1. The third-order valence-electron chi connectivity index (χ3n) is 5.06. The van der Waals surface area contributed by atoms with E-state index in [0.717, 1.165) is 48.8 Å². The Bertz CT molecular complexity index is 1120. The van der Waals surface area contributed by atoms with Gasteiger partial charge in [0.1, 0.15) is 5.82 Å². The lowest BCUT2D eigenvalue weighted by Crippen LogP contribution is -2.29. The van der Waals surface area contributed by atoms with Crippen LogP contribution in [-0.2, 0) is 19.5 Å². The van der Waals surface area contributed by atoms with Crippen LogP contribution in [0, 0.1) is 22.9 Å². The first-order valence-corrected chi connectivity index (χ1v) is 10.2. The number of nitrogens with one attached hydrogen (secondary N) is 1. The lowest BCUT2D eigenvalue weighted by atomic mass is 10.1. The maximum Gasteiger partial charge on any atom is 0.276 e. The van der Waals surface area contributed by atoms with Crippen molar-refractivity contribution in [2.75, 3.05) is 11.9 Å². The van der Waals surface area contributed by atoms with Crippen LogP contribution in [0.25, 0.3) is 0 Å². The molecule has 7 nitrogen and oxygen atoms in total. The normalized spacial score (nSPS) is 13.7. The molecule has 0 spiro atoms. The molecule has 154 valence electrons. The Labute approximate surface area is 176 Å². The van der Waals surface area contributed by atoms with Gasteiger partial charge in [0.05, 0.1) is 16.2 Å². The Morgan fingerprint density at radius 1 is 1.33 bits per heavy atom. The number of benzene rings is 2. The Balaban J connectivity index is 1.47. The fourth-order valence-electron chi connectivity index (χ4n) is 3.43. The number of amides is 1. The Morgan fingerprint density at radius 3 is 2.83 bits per heavy atom.